The van der Waals surface area contributed by atoms with Crippen molar-refractivity contribution in [2.75, 3.05) is 0 Å². The molecular formula is C89H142N2NiO8. The van der Waals surface area contributed by atoms with Gasteiger partial charge in [0.1, 0.15) is 11.5 Å². The summed E-state index contributed by atoms with van der Waals surface area (Å²) < 4.78 is 0. The van der Waals surface area contributed by atoms with Crippen molar-refractivity contribution in [1.29, 1.82) is 0 Å². The summed E-state index contributed by atoms with van der Waals surface area (Å²) >= 11 is 0. The number of carbonyl (C=O) groups is 2. The number of rotatable bonds is 55. The monoisotopic (exact) mass is 1430 g/mol. The molecule has 0 saturated carbocycles. The van der Waals surface area contributed by atoms with Crippen molar-refractivity contribution >= 4 is 34.7 Å². The third-order valence-corrected chi connectivity index (χ3v) is 19.3. The Hall–Kier alpha value is -5.41. The van der Waals surface area contributed by atoms with Gasteiger partial charge >= 0.3 is 28.4 Å². The predicted octanol–water partition coefficient (Wildman–Crippen LogP) is 25.9. The zero-order valence-corrected chi connectivity index (χ0v) is 66.0. The normalized spacial score (nSPS) is 11.6. The number of benzene rings is 4. The summed E-state index contributed by atoms with van der Waals surface area (Å²) in [7, 11) is 0. The van der Waals surface area contributed by atoms with Crippen LogP contribution >= 0.6 is 0 Å². The van der Waals surface area contributed by atoms with E-state index in [1.807, 2.05) is 13.8 Å². The summed E-state index contributed by atoms with van der Waals surface area (Å²) in [5, 5.41) is 60.6. The predicted molar refractivity (Wildman–Crippen MR) is 421 cm³/mol. The van der Waals surface area contributed by atoms with E-state index in [-0.39, 0.29) is 27.6 Å². The molecule has 4 N–H and O–H groups in total. The summed E-state index contributed by atoms with van der Waals surface area (Å²) in [5.41, 5.74) is 12.5. The van der Waals surface area contributed by atoms with Crippen LogP contribution in [0, 0.1) is 0 Å². The van der Waals surface area contributed by atoms with Gasteiger partial charge in [-0.15, -0.1) is 0 Å². The molecule has 0 radical (unpaired) electrons. The number of carboxylic acids is 2. The maximum Gasteiger partial charge on any atom is 2.00 e. The molecule has 0 unspecified atom stereocenters. The third-order valence-electron chi connectivity index (χ3n) is 19.3. The molecule has 4 rings (SSSR count). The third kappa shape index (κ3) is 39.9. The van der Waals surface area contributed by atoms with Crippen molar-refractivity contribution in [3.63, 3.8) is 0 Å². The zero-order chi connectivity index (χ0) is 72.7. The first-order valence-electron chi connectivity index (χ1n) is 40.8. The summed E-state index contributed by atoms with van der Waals surface area (Å²) in [6, 6.07) is 17.3. The molecule has 100 heavy (non-hydrogen) atoms. The molecule has 0 bridgehead atoms. The summed E-state index contributed by atoms with van der Waals surface area (Å²) in [6.45, 7) is 21.7. The van der Waals surface area contributed by atoms with Gasteiger partial charge in [0.2, 0.25) is 0 Å². The van der Waals surface area contributed by atoms with Gasteiger partial charge in [-0.3, -0.25) is 4.99 Å². The Balaban J connectivity index is 0.00000108. The van der Waals surface area contributed by atoms with Crippen LogP contribution in [0.4, 0.5) is 11.4 Å². The van der Waals surface area contributed by atoms with Crippen LogP contribution in [0.3, 0.4) is 0 Å². The minimum Gasteiger partial charge on any atom is -0.869 e. The van der Waals surface area contributed by atoms with Gasteiger partial charge in [-0.25, -0.2) is 14.6 Å². The number of carboxylic acid groups (broad SMARTS) is 2. The number of nitrogens with zero attached hydrogens (tertiary/aromatic N) is 2. The van der Waals surface area contributed by atoms with Crippen LogP contribution in [0.2, 0.25) is 0 Å². The van der Waals surface area contributed by atoms with Gasteiger partial charge in [0.15, 0.2) is 0 Å². The van der Waals surface area contributed by atoms with Crippen LogP contribution < -0.4 is 10.2 Å². The van der Waals surface area contributed by atoms with Crippen molar-refractivity contribution in [3.05, 3.63) is 116 Å². The van der Waals surface area contributed by atoms with E-state index in [9.17, 15) is 30.0 Å². The molecule has 0 aromatic heterocycles. The average Bonchev–Trinajstić information content (AvgIpc) is 2.06. The molecule has 11 heteroatoms. The SMILES string of the molecule is CCCCCCCCCCCCCCCCCCCCCC=CC(=Nc1cc(CCCCC)cc(CCCCC)c1)C(CCCC)=Nc1cc(CCCCC)cc(CCCCC)c1.CCCCCc1c(CC)cc(O)c([O-])c1C(=O)O.CCCCCc1c(CC)cc(O)c([O-])c1C(=O)O.[Ni+2]. The Morgan fingerprint density at radius 3 is 0.940 bits per heavy atom. The van der Waals surface area contributed by atoms with Crippen LogP contribution in [0.25, 0.3) is 0 Å². The summed E-state index contributed by atoms with van der Waals surface area (Å²) in [6.07, 6.45) is 64.1. The molecule has 0 aliphatic heterocycles. The van der Waals surface area contributed by atoms with Gasteiger partial charge in [-0.05, 0) is 203 Å². The molecule has 0 aliphatic carbocycles. The minimum absolute atomic E-state index is 0. The Morgan fingerprint density at radius 1 is 0.360 bits per heavy atom. The van der Waals surface area contributed by atoms with Crippen molar-refractivity contribution in [2.45, 2.75) is 384 Å². The summed E-state index contributed by atoms with van der Waals surface area (Å²) in [4.78, 5) is 33.5. The molecule has 0 amide bonds. The number of hydrogen-bond donors (Lipinski definition) is 4. The average molecular weight is 1430 g/mol. The minimum atomic E-state index is -1.25. The first kappa shape index (κ1) is 92.6. The second-order valence-corrected chi connectivity index (χ2v) is 28.3. The number of aromatic carboxylic acids is 2. The van der Waals surface area contributed by atoms with Crippen molar-refractivity contribution in [1.82, 2.24) is 0 Å². The molecule has 0 heterocycles. The molecule has 0 spiro atoms. The number of aliphatic imine (C=N–C) groups is 2. The van der Waals surface area contributed by atoms with E-state index in [0.717, 1.165) is 124 Å². The Labute approximate surface area is 621 Å². The van der Waals surface area contributed by atoms with E-state index in [1.54, 1.807) is 0 Å². The molecule has 4 aromatic carbocycles. The molecule has 4 aromatic rings. The Morgan fingerprint density at radius 2 is 0.640 bits per heavy atom. The van der Waals surface area contributed by atoms with Crippen LogP contribution in [0.5, 0.6) is 23.0 Å². The fourth-order valence-electron chi connectivity index (χ4n) is 13.4. The van der Waals surface area contributed by atoms with Gasteiger partial charge < -0.3 is 30.6 Å². The smallest absolute Gasteiger partial charge is 0.869 e. The van der Waals surface area contributed by atoms with Gasteiger partial charge in [0.25, 0.3) is 0 Å². The number of hydrogen-bond acceptors (Lipinski definition) is 8. The largest absolute Gasteiger partial charge is 2.00 e. The quantitative estimate of drug-likeness (QED) is 0.0191. The van der Waals surface area contributed by atoms with Gasteiger partial charge in [0, 0.05) is 0 Å². The number of phenolic OH excluding ortho intramolecular Hbond substituents is 2. The van der Waals surface area contributed by atoms with Gasteiger partial charge in [-0.1, -0.05) is 298 Å². The molecule has 0 aliphatic rings. The summed E-state index contributed by atoms with van der Waals surface area (Å²) in [5.74, 6) is -4.99. The first-order chi connectivity index (χ1) is 48.1. The molecular weight excluding hydrogens is 1280 g/mol. The molecule has 0 fully saturated rings. The topological polar surface area (TPSA) is 186 Å². The first-order valence-corrected chi connectivity index (χ1v) is 40.8. The van der Waals surface area contributed by atoms with Crippen molar-refractivity contribution in [3.8, 4) is 23.0 Å². The standard InChI is InChI=1S/C61H104N2.2C14H20O4.Ni/c1-7-13-19-20-21-22-23-24-25-26-27-28-29-30-31-32-33-34-35-36-41-47-61(63-59-52-56(44-39-16-10-4)49-57(53-59)45-40-17-11-5)60(46-18-12-6)62-58-50-54(42-37-14-8-2)48-55(51-58)43-38-15-9-3;2*1-3-5-6-7-10-9(4-2)8-11(15)13(16)12(10)14(17)18;/h41,47-53H,7-40,42-46H2,1-6H3;2*8,15-16H,3-7H2,1-2H3,(H,17,18);/q;;;+2/p-2. The Kier molecular flexibility index (Phi) is 55.6. The molecule has 0 atom stereocenters. The molecule has 0 saturated heterocycles. The van der Waals surface area contributed by atoms with Crippen molar-refractivity contribution in [2.24, 2.45) is 9.98 Å². The number of allylic oxidation sites excluding steroid dienone is 2. The fraction of sp³-hybridized carbons (Fsp3) is 0.663. The van der Waals surface area contributed by atoms with Gasteiger partial charge in [-0.2, -0.15) is 0 Å². The van der Waals surface area contributed by atoms with Crippen LogP contribution in [0.15, 0.2) is 70.7 Å². The second kappa shape index (κ2) is 60.1. The second-order valence-electron chi connectivity index (χ2n) is 28.3. The number of phenols is 2. The fourth-order valence-corrected chi connectivity index (χ4v) is 13.4. The number of aryl methyl sites for hydroxylation is 6. The van der Waals surface area contributed by atoms with E-state index < -0.39 is 34.9 Å². The van der Waals surface area contributed by atoms with E-state index in [2.05, 4.69) is 104 Å². The maximum atomic E-state index is 11.7. The molecule has 10 nitrogen and oxygen atoms in total. The van der Waals surface area contributed by atoms with E-state index in [0.29, 0.717) is 36.8 Å². The van der Waals surface area contributed by atoms with E-state index in [1.165, 1.54) is 233 Å². The molecule has 566 valence electrons. The Bertz CT molecular complexity index is 2750. The van der Waals surface area contributed by atoms with Gasteiger partial charge in [0.05, 0.1) is 33.9 Å². The van der Waals surface area contributed by atoms with E-state index >= 15 is 0 Å². The van der Waals surface area contributed by atoms with Crippen LogP contribution in [-0.4, -0.2) is 43.8 Å². The van der Waals surface area contributed by atoms with Crippen molar-refractivity contribution < 1.29 is 56.7 Å². The van der Waals surface area contributed by atoms with E-state index in [4.69, 9.17) is 20.2 Å². The number of unbranched alkanes of at least 4 members (excludes halogenated alkanes) is 32. The van der Waals surface area contributed by atoms with Crippen LogP contribution in [-0.2, 0) is 67.9 Å². The maximum absolute atomic E-state index is 11.7. The zero-order valence-electron chi connectivity index (χ0n) is 65.1. The number of aromatic hydroxyl groups is 2. The van der Waals surface area contributed by atoms with Crippen LogP contribution in [0.1, 0.15) is 398 Å².